The van der Waals surface area contributed by atoms with E-state index in [9.17, 15) is 9.59 Å². The quantitative estimate of drug-likeness (QED) is 0.792. The number of carbonyl (C=O) groups is 2. The van der Waals surface area contributed by atoms with Gasteiger partial charge in [-0.2, -0.15) is 0 Å². The van der Waals surface area contributed by atoms with Gasteiger partial charge in [-0.3, -0.25) is 9.78 Å². The number of benzene rings is 1. The van der Waals surface area contributed by atoms with Gasteiger partial charge in [-0.15, -0.1) is 0 Å². The van der Waals surface area contributed by atoms with Gasteiger partial charge in [-0.05, 0) is 26.0 Å². The zero-order chi connectivity index (χ0) is 19.5. The number of aromatic nitrogens is 1. The molecule has 0 bridgehead atoms. The summed E-state index contributed by atoms with van der Waals surface area (Å²) >= 11 is 0. The molecule has 1 atom stereocenters. The van der Waals surface area contributed by atoms with E-state index in [1.807, 2.05) is 31.3 Å². The third kappa shape index (κ3) is 4.00. The lowest BCUT2D eigenvalue weighted by Gasteiger charge is -2.26. The molecule has 3 heterocycles. The zero-order valence-corrected chi connectivity index (χ0v) is 16.1. The molecule has 1 aromatic heterocycles. The second-order valence-corrected chi connectivity index (χ2v) is 7.43. The van der Waals surface area contributed by atoms with E-state index in [1.54, 1.807) is 0 Å². The predicted octanol–water partition coefficient (Wildman–Crippen LogP) is 1.67. The topological polar surface area (TPSA) is 80.8 Å². The van der Waals surface area contributed by atoms with Crippen molar-refractivity contribution < 1.29 is 19.1 Å². The third-order valence-electron chi connectivity index (χ3n) is 5.33. The molecule has 2 aromatic rings. The minimum atomic E-state index is -0.475. The maximum Gasteiger partial charge on any atom is 0.339 e. The van der Waals surface area contributed by atoms with Crippen LogP contribution in [0, 0.1) is 0 Å². The smallest absolute Gasteiger partial charge is 0.339 e. The number of rotatable bonds is 5. The van der Waals surface area contributed by atoms with E-state index in [1.165, 1.54) is 0 Å². The fourth-order valence-electron chi connectivity index (χ4n) is 3.85. The van der Waals surface area contributed by atoms with Crippen LogP contribution in [0.5, 0.6) is 0 Å². The standard InChI is InChI=1S/C21H25N3O4/c1-24-9-8-18-16(12-24)20(15-6-2-3-7-17(15)23-18)21(26)28-13-19(25)22-11-14-5-4-10-27-14/h2-3,6-7,14H,4-5,8-13H2,1H3,(H,22,25). The van der Waals surface area contributed by atoms with Crippen LogP contribution in [-0.4, -0.2) is 61.2 Å². The second-order valence-electron chi connectivity index (χ2n) is 7.43. The summed E-state index contributed by atoms with van der Waals surface area (Å²) in [4.78, 5) is 31.9. The Kier molecular flexibility index (Phi) is 5.54. The highest BCUT2D eigenvalue weighted by Gasteiger charge is 2.26. The highest BCUT2D eigenvalue weighted by molar-refractivity contribution is 6.05. The number of amides is 1. The van der Waals surface area contributed by atoms with Gasteiger partial charge in [0, 0.05) is 49.3 Å². The molecule has 1 amide bonds. The molecule has 7 nitrogen and oxygen atoms in total. The molecule has 1 N–H and O–H groups in total. The van der Waals surface area contributed by atoms with Crippen molar-refractivity contribution in [2.75, 3.05) is 33.4 Å². The average molecular weight is 383 g/mol. The van der Waals surface area contributed by atoms with E-state index in [2.05, 4.69) is 10.2 Å². The van der Waals surface area contributed by atoms with Crippen molar-refractivity contribution >= 4 is 22.8 Å². The van der Waals surface area contributed by atoms with E-state index < -0.39 is 5.97 Å². The lowest BCUT2D eigenvalue weighted by atomic mass is 9.96. The van der Waals surface area contributed by atoms with Gasteiger partial charge in [0.15, 0.2) is 6.61 Å². The number of nitrogens with one attached hydrogen (secondary N) is 1. The van der Waals surface area contributed by atoms with Crippen molar-refractivity contribution in [3.63, 3.8) is 0 Å². The molecule has 0 saturated carbocycles. The van der Waals surface area contributed by atoms with Crippen molar-refractivity contribution in [2.24, 2.45) is 0 Å². The molecule has 148 valence electrons. The van der Waals surface area contributed by atoms with Crippen molar-refractivity contribution in [3.8, 4) is 0 Å². The molecular weight excluding hydrogens is 358 g/mol. The zero-order valence-electron chi connectivity index (χ0n) is 16.1. The maximum atomic E-state index is 12.9. The summed E-state index contributed by atoms with van der Waals surface area (Å²) < 4.78 is 10.9. The molecule has 0 spiro atoms. The van der Waals surface area contributed by atoms with Gasteiger partial charge in [0.1, 0.15) is 0 Å². The molecule has 1 aromatic carbocycles. The molecule has 2 aliphatic rings. The molecule has 1 unspecified atom stereocenters. The minimum absolute atomic E-state index is 0.0614. The normalized spacial score (nSPS) is 19.4. The van der Waals surface area contributed by atoms with Crippen LogP contribution >= 0.6 is 0 Å². The van der Waals surface area contributed by atoms with Crippen LogP contribution in [0.1, 0.15) is 34.5 Å². The SMILES string of the molecule is CN1CCc2nc3ccccc3c(C(=O)OCC(=O)NCC3CCCO3)c2C1. The monoisotopic (exact) mass is 383 g/mol. The van der Waals surface area contributed by atoms with Crippen molar-refractivity contribution in [1.82, 2.24) is 15.2 Å². The molecule has 2 aliphatic heterocycles. The van der Waals surface area contributed by atoms with Crippen LogP contribution in [0.3, 0.4) is 0 Å². The molecule has 1 fully saturated rings. The predicted molar refractivity (Wildman–Crippen MR) is 104 cm³/mol. The molecule has 0 radical (unpaired) electrons. The maximum absolute atomic E-state index is 12.9. The first kappa shape index (κ1) is 18.8. The Hall–Kier alpha value is -2.51. The van der Waals surface area contributed by atoms with E-state index >= 15 is 0 Å². The molecular formula is C21H25N3O4. The van der Waals surface area contributed by atoms with Crippen LogP contribution in [0.25, 0.3) is 10.9 Å². The van der Waals surface area contributed by atoms with Gasteiger partial charge in [0.25, 0.3) is 5.91 Å². The summed E-state index contributed by atoms with van der Waals surface area (Å²) in [7, 11) is 2.02. The number of likely N-dealkylation sites (N-methyl/N-ethyl adjacent to an activating group) is 1. The Morgan fingerprint density at radius 2 is 2.21 bits per heavy atom. The summed E-state index contributed by atoms with van der Waals surface area (Å²) in [5.74, 6) is -0.786. The number of nitrogens with zero attached hydrogens (tertiary/aromatic N) is 2. The minimum Gasteiger partial charge on any atom is -0.452 e. The summed E-state index contributed by atoms with van der Waals surface area (Å²) in [5.41, 5.74) is 3.14. The first-order valence-corrected chi connectivity index (χ1v) is 9.76. The van der Waals surface area contributed by atoms with Crippen LogP contribution in [0.2, 0.25) is 0 Å². The van der Waals surface area contributed by atoms with E-state index in [-0.39, 0.29) is 18.6 Å². The first-order valence-electron chi connectivity index (χ1n) is 9.76. The van der Waals surface area contributed by atoms with Crippen LogP contribution in [-0.2, 0) is 27.2 Å². The number of carbonyl (C=O) groups excluding carboxylic acids is 2. The summed E-state index contributed by atoms with van der Waals surface area (Å²) in [5, 5.41) is 3.54. The summed E-state index contributed by atoms with van der Waals surface area (Å²) in [6, 6.07) is 7.57. The fraction of sp³-hybridized carbons (Fsp3) is 0.476. The van der Waals surface area contributed by atoms with Gasteiger partial charge in [-0.1, -0.05) is 18.2 Å². The Morgan fingerprint density at radius 3 is 3.04 bits per heavy atom. The Bertz CT molecular complexity index is 893. The Balaban J connectivity index is 1.50. The number of para-hydroxylation sites is 1. The average Bonchev–Trinajstić information content (AvgIpc) is 3.22. The van der Waals surface area contributed by atoms with Crippen molar-refractivity contribution in [2.45, 2.75) is 31.9 Å². The number of esters is 1. The van der Waals surface area contributed by atoms with Gasteiger partial charge < -0.3 is 19.7 Å². The van der Waals surface area contributed by atoms with Crippen molar-refractivity contribution in [3.05, 3.63) is 41.1 Å². The summed E-state index contributed by atoms with van der Waals surface area (Å²) in [6.07, 6.45) is 2.82. The summed E-state index contributed by atoms with van der Waals surface area (Å²) in [6.45, 7) is 2.44. The van der Waals surface area contributed by atoms with Crippen LogP contribution in [0.15, 0.2) is 24.3 Å². The van der Waals surface area contributed by atoms with Gasteiger partial charge >= 0.3 is 5.97 Å². The first-order chi connectivity index (χ1) is 13.6. The lowest BCUT2D eigenvalue weighted by molar-refractivity contribution is -0.124. The number of hydrogen-bond acceptors (Lipinski definition) is 6. The molecule has 0 aliphatic carbocycles. The fourth-order valence-corrected chi connectivity index (χ4v) is 3.85. The highest BCUT2D eigenvalue weighted by atomic mass is 16.5. The lowest BCUT2D eigenvalue weighted by Crippen LogP contribution is -2.35. The second kappa shape index (κ2) is 8.24. The van der Waals surface area contributed by atoms with Gasteiger partial charge in [0.05, 0.1) is 17.2 Å². The molecule has 28 heavy (non-hydrogen) atoms. The number of pyridine rings is 1. The number of fused-ring (bicyclic) bond motifs is 2. The van der Waals surface area contributed by atoms with Gasteiger partial charge in [0.2, 0.25) is 0 Å². The molecule has 4 rings (SSSR count). The van der Waals surface area contributed by atoms with E-state index in [0.29, 0.717) is 18.7 Å². The van der Waals surface area contributed by atoms with Crippen LogP contribution in [0.4, 0.5) is 0 Å². The third-order valence-corrected chi connectivity index (χ3v) is 5.33. The number of ether oxygens (including phenoxy) is 2. The Morgan fingerprint density at radius 1 is 1.36 bits per heavy atom. The van der Waals surface area contributed by atoms with Gasteiger partial charge in [-0.25, -0.2) is 4.79 Å². The molecule has 1 saturated heterocycles. The largest absolute Gasteiger partial charge is 0.452 e. The van der Waals surface area contributed by atoms with Crippen molar-refractivity contribution in [1.29, 1.82) is 0 Å². The highest BCUT2D eigenvalue weighted by Crippen LogP contribution is 2.28. The van der Waals surface area contributed by atoms with E-state index in [0.717, 1.165) is 54.6 Å². The number of hydrogen-bond donors (Lipinski definition) is 1. The van der Waals surface area contributed by atoms with E-state index in [4.69, 9.17) is 14.5 Å². The Labute approximate surface area is 164 Å². The molecule has 7 heteroatoms. The van der Waals surface area contributed by atoms with Crippen LogP contribution < -0.4 is 5.32 Å².